The first-order valence-corrected chi connectivity index (χ1v) is 8.45. The fraction of sp³-hybridized carbons (Fsp3) is 0.471. The van der Waals surface area contributed by atoms with Crippen LogP contribution in [0.1, 0.15) is 25.8 Å². The Hall–Kier alpha value is -0.184. The monoisotopic (exact) mass is 371 g/mol. The number of hydrogen-bond acceptors (Lipinski definition) is 5. The molecule has 1 aromatic rings. The minimum atomic E-state index is -1.23. The van der Waals surface area contributed by atoms with Crippen molar-refractivity contribution in [1.82, 2.24) is 4.90 Å². The zero-order valence-electron chi connectivity index (χ0n) is 14.0. The van der Waals surface area contributed by atoms with Gasteiger partial charge in [-0.15, -0.1) is 11.8 Å². The smallest absolute Gasteiger partial charge is 0.548 e. The largest absolute Gasteiger partial charge is 1.00 e. The third-order valence-electron chi connectivity index (χ3n) is 4.47. The molecule has 2 fully saturated rings. The Morgan fingerprint density at radius 3 is 2.46 bits per heavy atom. The predicted octanol–water partition coefficient (Wildman–Crippen LogP) is -2.38. The van der Waals surface area contributed by atoms with E-state index in [0.717, 1.165) is 5.56 Å². The fourth-order valence-electron chi connectivity index (χ4n) is 3.40. The van der Waals surface area contributed by atoms with Crippen LogP contribution in [0.3, 0.4) is 0 Å². The van der Waals surface area contributed by atoms with E-state index in [0.29, 0.717) is 6.42 Å². The number of β-lactam (4-membered cyclic amide) rings is 1. The Labute approximate surface area is 188 Å². The van der Waals surface area contributed by atoms with Crippen LogP contribution >= 0.6 is 11.8 Å². The Kier molecular flexibility index (Phi) is 6.37. The van der Waals surface area contributed by atoms with Gasteiger partial charge in [-0.1, -0.05) is 30.3 Å². The van der Waals surface area contributed by atoms with Gasteiger partial charge in [0.2, 0.25) is 5.91 Å². The van der Waals surface area contributed by atoms with Gasteiger partial charge in [-0.2, -0.15) is 0 Å². The maximum atomic E-state index is 12.3. The molecule has 0 spiro atoms. The van der Waals surface area contributed by atoms with Gasteiger partial charge in [0, 0.05) is 17.6 Å². The molecule has 1 amide bonds. The molecule has 2 aliphatic heterocycles. The summed E-state index contributed by atoms with van der Waals surface area (Å²) in [6.07, 6.45) is 0.465. The summed E-state index contributed by atoms with van der Waals surface area (Å²) < 4.78 is -0.601. The number of fused-ring (bicyclic) bond motifs is 1. The number of carboxylic acids is 1. The topological polar surface area (TPSA) is 77.5 Å². The van der Waals surface area contributed by atoms with Crippen molar-refractivity contribution in [3.63, 3.8) is 0 Å². The van der Waals surface area contributed by atoms with Crippen molar-refractivity contribution in [2.45, 2.75) is 42.9 Å². The molecule has 2 heterocycles. The second-order valence-corrected chi connectivity index (χ2v) is 8.36. The maximum Gasteiger partial charge on any atom is 1.00 e. The number of aliphatic carboxylic acids is 1. The molecule has 5 nitrogen and oxygen atoms in total. The number of nitrogens with zero attached hydrogens (tertiary/aromatic N) is 1. The molecule has 24 heavy (non-hydrogen) atoms. The molecule has 0 N–H and O–H groups in total. The van der Waals surface area contributed by atoms with Crippen LogP contribution in [-0.2, 0) is 20.8 Å². The second-order valence-electron chi connectivity index (χ2n) is 6.59. The summed E-state index contributed by atoms with van der Waals surface area (Å²) in [4.78, 5) is 37.2. The molecule has 0 aliphatic carbocycles. The number of hydrogen-bond donors (Lipinski definition) is 0. The van der Waals surface area contributed by atoms with Gasteiger partial charge < -0.3 is 14.8 Å². The number of Topliss-reactive ketones (excluding diaryl/α,β-unsaturated/α-hetero) is 1. The molecule has 1 aromatic carbocycles. The summed E-state index contributed by atoms with van der Waals surface area (Å²) in [6, 6.07) is 8.47. The van der Waals surface area contributed by atoms with Crippen LogP contribution < -0.4 is 56.5 Å². The van der Waals surface area contributed by atoms with E-state index in [1.807, 2.05) is 30.3 Å². The van der Waals surface area contributed by atoms with Gasteiger partial charge in [0.05, 0.1) is 23.3 Å². The molecular formula is C17H18KNO4S. The van der Waals surface area contributed by atoms with Crippen LogP contribution in [0.4, 0.5) is 0 Å². The number of rotatable bonds is 5. The van der Waals surface area contributed by atoms with Gasteiger partial charge >= 0.3 is 51.4 Å². The van der Waals surface area contributed by atoms with Crippen LogP contribution in [0, 0.1) is 5.92 Å². The zero-order chi connectivity index (χ0) is 16.8. The summed E-state index contributed by atoms with van der Waals surface area (Å²) in [5.74, 6) is -1.89. The molecule has 2 saturated heterocycles. The summed E-state index contributed by atoms with van der Waals surface area (Å²) in [5.41, 5.74) is 0.924. The standard InChI is InChI=1S/C17H19NO4S.K/c1-17(2)13(16(21)22)18-14(20)12(15(18)23-17)9-11(19)8-10-6-4-3-5-7-10;/h3-7,12-13,15H,8-9H2,1-2H3,(H,21,22);/q;+1/p-1/t12-,13+,15-;/m1./s1. The van der Waals surface area contributed by atoms with Crippen molar-refractivity contribution >= 4 is 29.4 Å². The molecule has 2 aliphatic rings. The molecule has 0 saturated carbocycles. The van der Waals surface area contributed by atoms with E-state index in [-0.39, 0.29) is 74.9 Å². The number of benzene rings is 1. The van der Waals surface area contributed by atoms with Crippen molar-refractivity contribution in [2.24, 2.45) is 5.92 Å². The van der Waals surface area contributed by atoms with Crippen LogP contribution in [0.2, 0.25) is 0 Å². The fourth-order valence-corrected chi connectivity index (χ4v) is 5.08. The van der Waals surface area contributed by atoms with Crippen molar-refractivity contribution < 1.29 is 70.9 Å². The first-order valence-electron chi connectivity index (χ1n) is 7.58. The SMILES string of the molecule is CC1(C)S[C@@H]2[C@H](CC(=O)Cc3ccccc3)C(=O)N2[C@H]1C(=O)[O-].[K+]. The normalized spacial score (nSPS) is 27.0. The molecule has 3 rings (SSSR count). The third kappa shape index (κ3) is 3.66. The first-order chi connectivity index (χ1) is 10.8. The number of ketones is 1. The number of amides is 1. The Bertz CT molecular complexity index is 664. The van der Waals surface area contributed by atoms with Gasteiger partial charge in [0.1, 0.15) is 5.78 Å². The Morgan fingerprint density at radius 1 is 1.25 bits per heavy atom. The molecular weight excluding hydrogens is 353 g/mol. The van der Waals surface area contributed by atoms with Gasteiger partial charge in [0.25, 0.3) is 0 Å². The summed E-state index contributed by atoms with van der Waals surface area (Å²) >= 11 is 1.45. The first kappa shape index (κ1) is 20.1. The van der Waals surface area contributed by atoms with E-state index >= 15 is 0 Å². The van der Waals surface area contributed by atoms with Crippen molar-refractivity contribution in [2.75, 3.05) is 0 Å². The molecule has 122 valence electrons. The van der Waals surface area contributed by atoms with Crippen molar-refractivity contribution in [3.05, 3.63) is 35.9 Å². The number of carboxylic acid groups (broad SMARTS) is 1. The van der Waals surface area contributed by atoms with E-state index in [1.54, 1.807) is 13.8 Å². The number of thioether (sulfide) groups is 1. The van der Waals surface area contributed by atoms with Gasteiger partial charge in [-0.3, -0.25) is 9.59 Å². The number of carbonyl (C=O) groups excluding carboxylic acids is 3. The van der Waals surface area contributed by atoms with E-state index in [1.165, 1.54) is 16.7 Å². The van der Waals surface area contributed by atoms with Gasteiger partial charge in [-0.05, 0) is 19.4 Å². The third-order valence-corrected chi connectivity index (χ3v) is 6.09. The van der Waals surface area contributed by atoms with E-state index < -0.39 is 22.7 Å². The predicted molar refractivity (Wildman–Crippen MR) is 84.4 cm³/mol. The molecule has 7 heteroatoms. The van der Waals surface area contributed by atoms with Crippen LogP contribution in [0.25, 0.3) is 0 Å². The van der Waals surface area contributed by atoms with Crippen LogP contribution in [0.15, 0.2) is 30.3 Å². The minimum absolute atomic E-state index is 0. The average Bonchev–Trinajstić information content (AvgIpc) is 2.74. The number of carbonyl (C=O) groups is 3. The zero-order valence-corrected chi connectivity index (χ0v) is 18.0. The van der Waals surface area contributed by atoms with Crippen molar-refractivity contribution in [3.8, 4) is 0 Å². The summed E-state index contributed by atoms with van der Waals surface area (Å²) in [6.45, 7) is 3.60. The van der Waals surface area contributed by atoms with Crippen LogP contribution in [0.5, 0.6) is 0 Å². The van der Waals surface area contributed by atoms with Crippen LogP contribution in [-0.4, -0.2) is 38.7 Å². The quantitative estimate of drug-likeness (QED) is 0.427. The molecule has 0 bridgehead atoms. The van der Waals surface area contributed by atoms with Gasteiger partial charge in [0.15, 0.2) is 0 Å². The average molecular weight is 371 g/mol. The molecule has 0 unspecified atom stereocenters. The second kappa shape index (κ2) is 7.59. The summed E-state index contributed by atoms with van der Waals surface area (Å²) in [7, 11) is 0. The molecule has 0 aromatic heterocycles. The van der Waals surface area contributed by atoms with Crippen molar-refractivity contribution in [1.29, 1.82) is 0 Å². The Balaban J connectivity index is 0.00000208. The maximum absolute atomic E-state index is 12.3. The summed E-state index contributed by atoms with van der Waals surface area (Å²) in [5, 5.41) is 11.1. The van der Waals surface area contributed by atoms with Gasteiger partial charge in [-0.25, -0.2) is 0 Å². The van der Waals surface area contributed by atoms with E-state index in [9.17, 15) is 19.5 Å². The molecule has 0 radical (unpaired) electrons. The van der Waals surface area contributed by atoms with E-state index in [4.69, 9.17) is 0 Å². The van der Waals surface area contributed by atoms with E-state index in [2.05, 4.69) is 0 Å². The molecule has 3 atom stereocenters. The minimum Gasteiger partial charge on any atom is -0.548 e. The Morgan fingerprint density at radius 2 is 1.88 bits per heavy atom.